The molecule has 1 amide bonds. The van der Waals surface area contributed by atoms with Crippen molar-refractivity contribution >= 4 is 28.1 Å². The summed E-state index contributed by atoms with van der Waals surface area (Å²) in [4.78, 5) is 19.8. The molecule has 35 heavy (non-hydrogen) atoms. The fourth-order valence-corrected chi connectivity index (χ4v) is 4.53. The zero-order valence-electron chi connectivity index (χ0n) is 19.5. The van der Waals surface area contributed by atoms with E-state index in [1.54, 1.807) is 36.7 Å². The Kier molecular flexibility index (Phi) is 6.33. The van der Waals surface area contributed by atoms with Crippen LogP contribution < -0.4 is 15.8 Å². The number of pyridine rings is 1. The third-order valence-corrected chi connectivity index (χ3v) is 6.44. The molecule has 1 aliphatic rings. The lowest BCUT2D eigenvalue weighted by molar-refractivity contribution is 0.102. The number of halogens is 1. The normalized spacial score (nSPS) is 14.7. The van der Waals surface area contributed by atoms with E-state index >= 15 is 0 Å². The van der Waals surface area contributed by atoms with Crippen molar-refractivity contribution in [2.75, 3.05) is 31.2 Å². The lowest BCUT2D eigenvalue weighted by atomic mass is 9.99. The maximum atomic E-state index is 14.2. The fraction of sp³-hybridized carbons (Fsp3) is 0.214. The summed E-state index contributed by atoms with van der Waals surface area (Å²) < 4.78 is 20.4. The van der Waals surface area contributed by atoms with E-state index in [1.165, 1.54) is 12.1 Å². The van der Waals surface area contributed by atoms with Gasteiger partial charge in [0, 0.05) is 36.4 Å². The predicted molar refractivity (Wildman–Crippen MR) is 137 cm³/mol. The molecule has 0 saturated carbocycles. The van der Waals surface area contributed by atoms with Gasteiger partial charge in [0.05, 0.1) is 16.9 Å². The van der Waals surface area contributed by atoms with E-state index in [9.17, 15) is 9.18 Å². The summed E-state index contributed by atoms with van der Waals surface area (Å²) in [6.07, 6.45) is 5.11. The third kappa shape index (κ3) is 4.81. The van der Waals surface area contributed by atoms with Crippen molar-refractivity contribution in [2.45, 2.75) is 18.9 Å². The summed E-state index contributed by atoms with van der Waals surface area (Å²) in [5.74, 6) is -0.182. The molecule has 4 aromatic rings. The minimum Gasteiger partial charge on any atom is -0.488 e. The fourth-order valence-electron chi connectivity index (χ4n) is 4.53. The van der Waals surface area contributed by atoms with Crippen molar-refractivity contribution in [2.24, 2.45) is 0 Å². The maximum absolute atomic E-state index is 14.2. The number of rotatable bonds is 5. The van der Waals surface area contributed by atoms with E-state index in [1.807, 2.05) is 24.3 Å². The second-order valence-corrected chi connectivity index (χ2v) is 8.89. The number of carbonyl (C=O) groups excluding carboxylic acids is 1. The van der Waals surface area contributed by atoms with E-state index < -0.39 is 0 Å². The van der Waals surface area contributed by atoms with Crippen LogP contribution in [0.5, 0.6) is 5.75 Å². The van der Waals surface area contributed by atoms with Gasteiger partial charge in [0.2, 0.25) is 0 Å². The Bertz CT molecular complexity index is 1380. The largest absolute Gasteiger partial charge is 0.488 e. The first-order chi connectivity index (χ1) is 17.0. The molecule has 0 radical (unpaired) electrons. The Balaban J connectivity index is 1.52. The number of carbonyl (C=O) groups is 1. The van der Waals surface area contributed by atoms with Gasteiger partial charge in [0.15, 0.2) is 0 Å². The highest BCUT2D eigenvalue weighted by Crippen LogP contribution is 2.41. The number of fused-ring (bicyclic) bond motifs is 1. The molecule has 178 valence electrons. The summed E-state index contributed by atoms with van der Waals surface area (Å²) in [7, 11) is 2.09. The van der Waals surface area contributed by atoms with Gasteiger partial charge < -0.3 is 20.7 Å². The van der Waals surface area contributed by atoms with Crippen LogP contribution in [0.15, 0.2) is 73.1 Å². The molecular weight excluding hydrogens is 443 g/mol. The zero-order valence-corrected chi connectivity index (χ0v) is 19.5. The van der Waals surface area contributed by atoms with E-state index in [-0.39, 0.29) is 17.8 Å². The summed E-state index contributed by atoms with van der Waals surface area (Å²) in [6.45, 7) is 1.91. The van der Waals surface area contributed by atoms with Crippen LogP contribution in [0.25, 0.3) is 21.9 Å². The number of piperidine rings is 1. The standard InChI is InChI=1S/C28H27FN4O2/c1-33-13-11-21(12-14-33)35-25-10-9-24(26(27(25)30)18-6-4-7-20(29)15-18)32-28(34)23-17-31-16-19-5-2-3-8-22(19)23/h2-10,15-17,21H,11-14,30H2,1H3,(H,32,34). The Morgan fingerprint density at radius 1 is 1.09 bits per heavy atom. The van der Waals surface area contributed by atoms with Gasteiger partial charge in [-0.2, -0.15) is 0 Å². The number of nitrogen functional groups attached to an aromatic ring is 1. The van der Waals surface area contributed by atoms with Crippen molar-refractivity contribution in [1.82, 2.24) is 9.88 Å². The minimum absolute atomic E-state index is 0.0519. The van der Waals surface area contributed by atoms with Gasteiger partial charge in [-0.15, -0.1) is 0 Å². The van der Waals surface area contributed by atoms with Gasteiger partial charge in [-0.3, -0.25) is 9.78 Å². The quantitative estimate of drug-likeness (QED) is 0.385. The Labute approximate surface area is 203 Å². The van der Waals surface area contributed by atoms with Crippen molar-refractivity contribution in [3.05, 3.63) is 84.4 Å². The SMILES string of the molecule is CN1CCC(Oc2ccc(NC(=O)c3cncc4ccccc34)c(-c3cccc(F)c3)c2N)CC1. The second-order valence-electron chi connectivity index (χ2n) is 8.89. The summed E-state index contributed by atoms with van der Waals surface area (Å²) >= 11 is 0. The van der Waals surface area contributed by atoms with Crippen LogP contribution in [0.3, 0.4) is 0 Å². The number of hydrogen-bond donors (Lipinski definition) is 2. The molecule has 0 spiro atoms. The molecule has 1 fully saturated rings. The lowest BCUT2D eigenvalue weighted by Gasteiger charge is -2.30. The lowest BCUT2D eigenvalue weighted by Crippen LogP contribution is -2.35. The highest BCUT2D eigenvalue weighted by molar-refractivity contribution is 6.14. The number of nitrogens with one attached hydrogen (secondary N) is 1. The highest BCUT2D eigenvalue weighted by Gasteiger charge is 2.22. The van der Waals surface area contributed by atoms with Crippen LogP contribution in [0.1, 0.15) is 23.2 Å². The highest BCUT2D eigenvalue weighted by atomic mass is 19.1. The number of ether oxygens (including phenoxy) is 1. The van der Waals surface area contributed by atoms with Gasteiger partial charge in [0.25, 0.3) is 5.91 Å². The van der Waals surface area contributed by atoms with Crippen LogP contribution in [0, 0.1) is 5.82 Å². The number of hydrogen-bond acceptors (Lipinski definition) is 5. The molecule has 6 nitrogen and oxygen atoms in total. The van der Waals surface area contributed by atoms with Crippen LogP contribution >= 0.6 is 0 Å². The number of anilines is 2. The van der Waals surface area contributed by atoms with Crippen LogP contribution in [0.4, 0.5) is 15.8 Å². The molecule has 0 bridgehead atoms. The van der Waals surface area contributed by atoms with Gasteiger partial charge >= 0.3 is 0 Å². The Hall–Kier alpha value is -3.97. The molecule has 3 N–H and O–H groups in total. The van der Waals surface area contributed by atoms with Gasteiger partial charge in [0.1, 0.15) is 17.7 Å². The van der Waals surface area contributed by atoms with E-state index in [0.29, 0.717) is 33.8 Å². The molecule has 1 aromatic heterocycles. The Morgan fingerprint density at radius 3 is 2.69 bits per heavy atom. The minimum atomic E-state index is -0.390. The van der Waals surface area contributed by atoms with Gasteiger partial charge in [-0.25, -0.2) is 4.39 Å². The smallest absolute Gasteiger partial charge is 0.257 e. The number of nitrogens with zero attached hydrogens (tertiary/aromatic N) is 2. The summed E-state index contributed by atoms with van der Waals surface area (Å²) in [5.41, 5.74) is 8.96. The predicted octanol–water partition coefficient (Wildman–Crippen LogP) is 5.35. The molecule has 3 aromatic carbocycles. The number of likely N-dealkylation sites (tertiary alicyclic amines) is 1. The van der Waals surface area contributed by atoms with Crippen molar-refractivity contribution in [1.29, 1.82) is 0 Å². The molecule has 0 unspecified atom stereocenters. The summed E-state index contributed by atoms with van der Waals surface area (Å²) in [6, 6.07) is 17.3. The Morgan fingerprint density at radius 2 is 1.89 bits per heavy atom. The summed E-state index contributed by atoms with van der Waals surface area (Å²) in [5, 5.41) is 4.63. The zero-order chi connectivity index (χ0) is 24.4. The number of nitrogens with two attached hydrogens (primary N) is 1. The molecule has 7 heteroatoms. The topological polar surface area (TPSA) is 80.5 Å². The van der Waals surface area contributed by atoms with Crippen molar-refractivity contribution in [3.8, 4) is 16.9 Å². The van der Waals surface area contributed by atoms with Crippen molar-refractivity contribution in [3.63, 3.8) is 0 Å². The molecule has 0 atom stereocenters. The third-order valence-electron chi connectivity index (χ3n) is 6.44. The first-order valence-electron chi connectivity index (χ1n) is 11.7. The molecule has 1 saturated heterocycles. The van der Waals surface area contributed by atoms with Gasteiger partial charge in [-0.05, 0) is 55.1 Å². The average Bonchev–Trinajstić information content (AvgIpc) is 2.86. The molecule has 5 rings (SSSR count). The average molecular weight is 471 g/mol. The number of amides is 1. The molecule has 2 heterocycles. The number of aromatic nitrogens is 1. The first kappa shape index (κ1) is 22.8. The van der Waals surface area contributed by atoms with Gasteiger partial charge in [-0.1, -0.05) is 36.4 Å². The molecule has 1 aliphatic heterocycles. The number of benzene rings is 3. The second kappa shape index (κ2) is 9.72. The van der Waals surface area contributed by atoms with E-state index in [2.05, 4.69) is 22.2 Å². The van der Waals surface area contributed by atoms with Crippen LogP contribution in [-0.4, -0.2) is 42.0 Å². The maximum Gasteiger partial charge on any atom is 0.257 e. The molecular formula is C28H27FN4O2. The van der Waals surface area contributed by atoms with Crippen LogP contribution in [0.2, 0.25) is 0 Å². The van der Waals surface area contributed by atoms with E-state index in [4.69, 9.17) is 10.5 Å². The van der Waals surface area contributed by atoms with Crippen LogP contribution in [-0.2, 0) is 0 Å². The van der Waals surface area contributed by atoms with Crippen molar-refractivity contribution < 1.29 is 13.9 Å². The monoisotopic (exact) mass is 470 g/mol. The molecule has 0 aliphatic carbocycles. The van der Waals surface area contributed by atoms with E-state index in [0.717, 1.165) is 36.7 Å². The first-order valence-corrected chi connectivity index (χ1v) is 11.7.